The van der Waals surface area contributed by atoms with E-state index in [0.717, 1.165) is 28.4 Å². The molecule has 0 radical (unpaired) electrons. The van der Waals surface area contributed by atoms with Crippen LogP contribution in [0.25, 0.3) is 0 Å². The van der Waals surface area contributed by atoms with Gasteiger partial charge in [0.25, 0.3) is 0 Å². The smallest absolute Gasteiger partial charge is 0.460 e. The van der Waals surface area contributed by atoms with Gasteiger partial charge < -0.3 is 96.5 Å². The van der Waals surface area contributed by atoms with E-state index < -0.39 is 141 Å². The molecule has 3 aliphatic heterocycles. The van der Waals surface area contributed by atoms with Crippen molar-refractivity contribution in [3.8, 4) is 0 Å². The first kappa shape index (κ1) is 65.1. The van der Waals surface area contributed by atoms with E-state index in [9.17, 15) is 38.4 Å². The van der Waals surface area contributed by atoms with Crippen LogP contribution in [0, 0.1) is 5.92 Å². The molecule has 0 spiro atoms. The maximum atomic E-state index is 13.8. The third-order valence-electron chi connectivity index (χ3n) is 14.2. The zero-order valence-corrected chi connectivity index (χ0v) is 48.2. The zero-order valence-electron chi connectivity index (χ0n) is 48.2. The Kier molecular flexibility index (Phi) is 24.4. The van der Waals surface area contributed by atoms with Crippen LogP contribution in [0.2, 0.25) is 0 Å². The summed E-state index contributed by atoms with van der Waals surface area (Å²) >= 11 is 0. The molecular formula is C58H71N3O25. The highest BCUT2D eigenvalue weighted by Gasteiger charge is 2.58. The Hall–Kier alpha value is -8.44. The molecule has 468 valence electrons. The van der Waals surface area contributed by atoms with Crippen LogP contribution < -0.4 is 16.0 Å². The quantitative estimate of drug-likeness (QED) is 0.0530. The first-order valence-corrected chi connectivity index (χ1v) is 27.6. The Labute approximate surface area is 494 Å². The first-order chi connectivity index (χ1) is 41.6. The number of hydrogen-bond acceptors (Lipinski definition) is 25. The van der Waals surface area contributed by atoms with Crippen LogP contribution in [0.1, 0.15) is 63.1 Å². The second-order valence-corrected chi connectivity index (χ2v) is 19.9. The lowest BCUT2D eigenvalue weighted by molar-refractivity contribution is -0.289. The van der Waals surface area contributed by atoms with E-state index >= 15 is 0 Å². The number of rotatable bonds is 22. The number of carbonyl (C=O) groups excluding carboxylic acids is 8. The summed E-state index contributed by atoms with van der Waals surface area (Å²) in [4.78, 5) is 106. The van der Waals surface area contributed by atoms with Crippen LogP contribution in [0.4, 0.5) is 33.6 Å². The van der Waals surface area contributed by atoms with Crippen molar-refractivity contribution in [3.05, 3.63) is 120 Å². The molecular weight excluding hydrogens is 1140 g/mol. The number of carbonyl (C=O) groups is 8. The van der Waals surface area contributed by atoms with E-state index in [1.54, 1.807) is 112 Å². The molecule has 1 saturated carbocycles. The lowest BCUT2D eigenvalue weighted by Crippen LogP contribution is -2.67. The number of allylic oxidation sites excluding steroid dienone is 1. The molecule has 4 aliphatic rings. The predicted octanol–water partition coefficient (Wildman–Crippen LogP) is 6.77. The molecule has 3 amide bonds. The number of methoxy groups -OCH3 is 4. The highest BCUT2D eigenvalue weighted by molar-refractivity contribution is 5.71. The Morgan fingerprint density at radius 1 is 0.488 bits per heavy atom. The Bertz CT molecular complexity index is 2740. The topological polar surface area (TPSA) is 330 Å². The predicted molar refractivity (Wildman–Crippen MR) is 290 cm³/mol. The number of alkyl carbamates (subject to hydrolysis) is 3. The summed E-state index contributed by atoms with van der Waals surface area (Å²) in [5.41, 5.74) is 1.96. The van der Waals surface area contributed by atoms with Gasteiger partial charge in [-0.25, -0.2) is 33.6 Å². The van der Waals surface area contributed by atoms with Crippen molar-refractivity contribution in [3.63, 3.8) is 0 Å². The largest absolute Gasteiger partial charge is 0.508 e. The normalized spacial score (nSPS) is 28.4. The number of hydrogen-bond donors (Lipinski definition) is 3. The maximum absolute atomic E-state index is 13.8. The summed E-state index contributed by atoms with van der Waals surface area (Å²) in [7, 11) is 4.15. The van der Waals surface area contributed by atoms with Crippen LogP contribution in [0.5, 0.6) is 0 Å². The molecule has 86 heavy (non-hydrogen) atoms. The van der Waals surface area contributed by atoms with Crippen LogP contribution in [-0.4, -0.2) is 170 Å². The maximum Gasteiger partial charge on any atom is 0.508 e. The highest BCUT2D eigenvalue weighted by Crippen LogP contribution is 2.40. The zero-order chi connectivity index (χ0) is 61.7. The standard InChI is InChI=1S/C58H71N3O25/c1-8-39-44(84-56(67)71-5)46(85-57(68)72-6)41(61-54(65)76-31-35-23-17-12-18-24-35)50(78-39)81-45-40(9-2)79-51(48(45)86-58(69)73-7)82-47-42(80-49-37(26-25-36(28-62)77-49)59-52(63)74-29-33-19-13-10-14-20-33)32(3)27-38(43(47)83-55(66)70-4)60-53(64)75-30-34-21-15-11-16-22-34/h10-25,28,32,37-51H,8-9,26-27,29-31H2,1-7H3,(H,59,63)(H,60,64)(H,61,65)/t32-,37+,38+,39?,40+,41+,42+,43-,44+,45+,46+,47-,48+,49+,50+,51-/m0/s1. The lowest BCUT2D eigenvalue weighted by Gasteiger charge is -2.47. The van der Waals surface area contributed by atoms with Gasteiger partial charge in [0.15, 0.2) is 49.0 Å². The van der Waals surface area contributed by atoms with Crippen molar-refractivity contribution in [1.29, 1.82) is 0 Å². The third-order valence-corrected chi connectivity index (χ3v) is 14.2. The van der Waals surface area contributed by atoms with Crippen LogP contribution in [0.15, 0.2) is 103 Å². The first-order valence-electron chi connectivity index (χ1n) is 27.6. The highest BCUT2D eigenvalue weighted by atomic mass is 16.8. The average molecular weight is 1210 g/mol. The Morgan fingerprint density at radius 2 is 0.907 bits per heavy atom. The summed E-state index contributed by atoms with van der Waals surface area (Å²) in [6.07, 6.45) is -24.2. The van der Waals surface area contributed by atoms with Crippen LogP contribution in [0.3, 0.4) is 0 Å². The van der Waals surface area contributed by atoms with Gasteiger partial charge >= 0.3 is 42.9 Å². The fraction of sp³-hybridized carbons (Fsp3) is 0.517. The van der Waals surface area contributed by atoms with Gasteiger partial charge in [0, 0.05) is 0 Å². The minimum absolute atomic E-state index is 0.00683. The third kappa shape index (κ3) is 17.8. The SMILES string of the molecule is CCC1O[C@H](O[C@H]2[C@@H](OC(=O)OC)[C@H](O[C@@H]3[C@@H](OC(=O)OC)[C@H](NC(=O)OCc4ccccc4)C[C@H](C)[C@H]3O[C@H]3OC(C=O)=CC[C@H]3NC(=O)OCc3ccccc3)O[C@@H]2CC)[C@H](NC(=O)OCc2ccccc2)[C@@H](OC(=O)OC)[C@@H]1OC(=O)OC. The van der Waals surface area contributed by atoms with E-state index in [2.05, 4.69) is 16.0 Å². The van der Waals surface area contributed by atoms with Crippen molar-refractivity contribution in [2.24, 2.45) is 5.92 Å². The number of ether oxygens (including phenoxy) is 17. The second kappa shape index (κ2) is 32.2. The van der Waals surface area contributed by atoms with Crippen LogP contribution >= 0.6 is 0 Å². The van der Waals surface area contributed by atoms with Crippen LogP contribution in [-0.2, 0) is 105 Å². The molecule has 7 rings (SSSR count). The van der Waals surface area contributed by atoms with Crippen molar-refractivity contribution < 1.29 is 119 Å². The monoisotopic (exact) mass is 1210 g/mol. The molecule has 3 fully saturated rings. The summed E-state index contributed by atoms with van der Waals surface area (Å²) in [6, 6.07) is 22.5. The summed E-state index contributed by atoms with van der Waals surface area (Å²) in [6.45, 7) is 4.57. The molecule has 1 unspecified atom stereocenters. The second-order valence-electron chi connectivity index (χ2n) is 19.9. The molecule has 1 aliphatic carbocycles. The molecule has 3 heterocycles. The molecule has 3 aromatic carbocycles. The molecule has 28 heteroatoms. The minimum atomic E-state index is -1.77. The van der Waals surface area contributed by atoms with Gasteiger partial charge in [-0.05, 0) is 54.4 Å². The summed E-state index contributed by atoms with van der Waals surface area (Å²) in [5, 5.41) is 8.13. The fourth-order valence-corrected chi connectivity index (χ4v) is 10.0. The molecule has 0 aromatic heterocycles. The van der Waals surface area contributed by atoms with Gasteiger partial charge in [0.05, 0.1) is 52.7 Å². The van der Waals surface area contributed by atoms with Crippen molar-refractivity contribution >= 4 is 49.2 Å². The number of nitrogens with one attached hydrogen (secondary N) is 3. The minimum Gasteiger partial charge on any atom is -0.460 e. The van der Waals surface area contributed by atoms with Crippen molar-refractivity contribution in [2.75, 3.05) is 28.4 Å². The van der Waals surface area contributed by atoms with E-state index in [1.165, 1.54) is 6.08 Å². The molecule has 28 nitrogen and oxygen atoms in total. The Balaban J connectivity index is 1.26. The van der Waals surface area contributed by atoms with Crippen molar-refractivity contribution in [1.82, 2.24) is 16.0 Å². The van der Waals surface area contributed by atoms with E-state index in [1.807, 2.05) is 0 Å². The molecule has 2 saturated heterocycles. The van der Waals surface area contributed by atoms with E-state index in [0.29, 0.717) is 23.0 Å². The molecule has 3 N–H and O–H groups in total. The summed E-state index contributed by atoms with van der Waals surface area (Å²) in [5.74, 6) is -0.893. The van der Waals surface area contributed by atoms with Gasteiger partial charge in [-0.15, -0.1) is 0 Å². The number of aldehydes is 1. The van der Waals surface area contributed by atoms with Gasteiger partial charge in [-0.3, -0.25) is 4.79 Å². The lowest BCUT2D eigenvalue weighted by atomic mass is 9.80. The summed E-state index contributed by atoms with van der Waals surface area (Å²) < 4.78 is 98.9. The van der Waals surface area contributed by atoms with Gasteiger partial charge in [-0.2, -0.15) is 0 Å². The van der Waals surface area contributed by atoms with Gasteiger partial charge in [0.2, 0.25) is 6.29 Å². The van der Waals surface area contributed by atoms with E-state index in [4.69, 9.17) is 80.5 Å². The number of amides is 3. The molecule has 16 atom stereocenters. The van der Waals surface area contributed by atoms with Crippen molar-refractivity contribution in [2.45, 2.75) is 158 Å². The van der Waals surface area contributed by atoms with Gasteiger partial charge in [-0.1, -0.05) is 112 Å². The van der Waals surface area contributed by atoms with E-state index in [-0.39, 0.29) is 51.3 Å². The average Bonchev–Trinajstić information content (AvgIpc) is 1.54. The Morgan fingerprint density at radius 3 is 1.40 bits per heavy atom. The van der Waals surface area contributed by atoms with Gasteiger partial charge in [0.1, 0.15) is 44.2 Å². The number of benzene rings is 3. The molecule has 0 bridgehead atoms. The molecule has 3 aromatic rings. The fourth-order valence-electron chi connectivity index (χ4n) is 10.0.